The maximum absolute atomic E-state index is 4.37. The highest BCUT2D eigenvalue weighted by atomic mass is 127. The van der Waals surface area contributed by atoms with Crippen molar-refractivity contribution in [2.75, 3.05) is 39.1 Å². The van der Waals surface area contributed by atoms with Gasteiger partial charge in [0, 0.05) is 57.4 Å². The van der Waals surface area contributed by atoms with Gasteiger partial charge in [-0.25, -0.2) is 4.98 Å². The normalized spacial score (nSPS) is 11.0. The lowest BCUT2D eigenvalue weighted by Crippen LogP contribution is -2.39. The van der Waals surface area contributed by atoms with Crippen LogP contribution in [0.3, 0.4) is 0 Å². The number of benzene rings is 1. The van der Waals surface area contributed by atoms with Gasteiger partial charge in [-0.05, 0) is 31.0 Å². The Kier molecular flexibility index (Phi) is 9.81. The fourth-order valence-corrected chi connectivity index (χ4v) is 3.10. The monoisotopic (exact) mass is 473 g/mol. The number of aliphatic imine (C=N–C) groups is 1. The number of rotatable bonds is 7. The Balaban J connectivity index is 0.00000312. The number of thiazole rings is 1. The lowest BCUT2D eigenvalue weighted by Gasteiger charge is -2.13. The quantitative estimate of drug-likeness (QED) is 0.369. The van der Waals surface area contributed by atoms with E-state index < -0.39 is 0 Å². The van der Waals surface area contributed by atoms with Crippen molar-refractivity contribution < 1.29 is 0 Å². The summed E-state index contributed by atoms with van der Waals surface area (Å²) in [6, 6.07) is 8.66. The molecule has 7 heteroatoms. The third kappa shape index (κ3) is 7.60. The Morgan fingerprint density at radius 1 is 1.12 bits per heavy atom. The molecule has 0 fully saturated rings. The summed E-state index contributed by atoms with van der Waals surface area (Å²) >= 11 is 1.75. The van der Waals surface area contributed by atoms with Crippen LogP contribution in [0.4, 0.5) is 5.69 Å². The largest absolute Gasteiger partial charge is 0.378 e. The molecule has 5 nitrogen and oxygen atoms in total. The van der Waals surface area contributed by atoms with Gasteiger partial charge >= 0.3 is 0 Å². The van der Waals surface area contributed by atoms with Crippen molar-refractivity contribution in [1.29, 1.82) is 0 Å². The molecule has 0 unspecified atom stereocenters. The van der Waals surface area contributed by atoms with Crippen LogP contribution in [-0.2, 0) is 12.8 Å². The van der Waals surface area contributed by atoms with Crippen LogP contribution < -0.4 is 15.5 Å². The van der Waals surface area contributed by atoms with Crippen LogP contribution in [0, 0.1) is 6.92 Å². The average Bonchev–Trinajstić information content (AvgIpc) is 2.99. The minimum absolute atomic E-state index is 0. The Morgan fingerprint density at radius 2 is 1.76 bits per heavy atom. The summed E-state index contributed by atoms with van der Waals surface area (Å²) in [5.74, 6) is 0.841. The predicted octanol–water partition coefficient (Wildman–Crippen LogP) is 3.09. The van der Waals surface area contributed by atoms with E-state index in [1.807, 2.05) is 6.20 Å². The molecule has 0 aliphatic heterocycles. The first-order valence-corrected chi connectivity index (χ1v) is 9.02. The van der Waals surface area contributed by atoms with E-state index in [9.17, 15) is 0 Å². The maximum Gasteiger partial charge on any atom is 0.191 e. The molecule has 2 aromatic rings. The molecule has 0 saturated heterocycles. The highest BCUT2D eigenvalue weighted by Crippen LogP contribution is 2.12. The average molecular weight is 473 g/mol. The molecular weight excluding hydrogens is 445 g/mol. The first kappa shape index (κ1) is 21.7. The summed E-state index contributed by atoms with van der Waals surface area (Å²) in [5, 5.41) is 7.86. The van der Waals surface area contributed by atoms with E-state index in [0.717, 1.165) is 36.9 Å². The number of halogens is 1. The fourth-order valence-electron chi connectivity index (χ4n) is 2.31. The Labute approximate surface area is 172 Å². The number of guanidine groups is 1. The molecule has 0 radical (unpaired) electrons. The second kappa shape index (κ2) is 11.3. The highest BCUT2D eigenvalue weighted by Gasteiger charge is 2.01. The second-order valence-corrected chi connectivity index (χ2v) is 7.17. The Morgan fingerprint density at radius 3 is 2.28 bits per heavy atom. The number of aromatic nitrogens is 1. The van der Waals surface area contributed by atoms with E-state index in [4.69, 9.17) is 0 Å². The highest BCUT2D eigenvalue weighted by molar-refractivity contribution is 14.0. The van der Waals surface area contributed by atoms with E-state index in [0.29, 0.717) is 0 Å². The minimum atomic E-state index is 0. The number of nitrogens with zero attached hydrogens (tertiary/aromatic N) is 3. The first-order valence-electron chi connectivity index (χ1n) is 8.20. The standard InChI is InChI=1S/C18H27N5S.HI/c1-14-13-22-17(24-14)10-12-21-18(19-2)20-11-9-15-5-7-16(8-6-15)23(3)4;/h5-8,13H,9-12H2,1-4H3,(H2,19,20,21);1H. The first-order chi connectivity index (χ1) is 11.6. The molecule has 1 heterocycles. The summed E-state index contributed by atoms with van der Waals surface area (Å²) in [4.78, 5) is 12.0. The maximum atomic E-state index is 4.37. The molecule has 1 aromatic heterocycles. The zero-order valence-corrected chi connectivity index (χ0v) is 18.5. The van der Waals surface area contributed by atoms with Gasteiger partial charge in [0.2, 0.25) is 0 Å². The number of hydrogen-bond acceptors (Lipinski definition) is 4. The number of nitrogens with one attached hydrogen (secondary N) is 2. The Hall–Kier alpha value is -1.35. The van der Waals surface area contributed by atoms with Gasteiger partial charge in [0.1, 0.15) is 0 Å². The molecule has 0 bridgehead atoms. The van der Waals surface area contributed by atoms with Crippen LogP contribution in [0.2, 0.25) is 0 Å². The van der Waals surface area contributed by atoms with Crippen molar-refractivity contribution in [3.05, 3.63) is 45.9 Å². The third-order valence-electron chi connectivity index (χ3n) is 3.68. The number of hydrogen-bond donors (Lipinski definition) is 2. The molecule has 0 aliphatic rings. The van der Waals surface area contributed by atoms with Crippen molar-refractivity contribution >= 4 is 47.0 Å². The van der Waals surface area contributed by atoms with Gasteiger partial charge in [-0.3, -0.25) is 4.99 Å². The molecule has 138 valence electrons. The smallest absolute Gasteiger partial charge is 0.191 e. The molecule has 0 spiro atoms. The van der Waals surface area contributed by atoms with Crippen LogP contribution in [0.5, 0.6) is 0 Å². The molecule has 0 aliphatic carbocycles. The van der Waals surface area contributed by atoms with Crippen molar-refractivity contribution in [2.45, 2.75) is 19.8 Å². The molecule has 0 atom stereocenters. The summed E-state index contributed by atoms with van der Waals surface area (Å²) in [6.07, 6.45) is 3.82. The van der Waals surface area contributed by atoms with Gasteiger partial charge < -0.3 is 15.5 Å². The lowest BCUT2D eigenvalue weighted by atomic mass is 10.1. The summed E-state index contributed by atoms with van der Waals surface area (Å²) in [5.41, 5.74) is 2.54. The van der Waals surface area contributed by atoms with E-state index in [1.54, 1.807) is 18.4 Å². The summed E-state index contributed by atoms with van der Waals surface area (Å²) in [7, 11) is 5.91. The van der Waals surface area contributed by atoms with E-state index in [-0.39, 0.29) is 24.0 Å². The third-order valence-corrected chi connectivity index (χ3v) is 4.66. The summed E-state index contributed by atoms with van der Waals surface area (Å²) < 4.78 is 0. The zero-order chi connectivity index (χ0) is 17.4. The van der Waals surface area contributed by atoms with Gasteiger partial charge in [0.25, 0.3) is 0 Å². The van der Waals surface area contributed by atoms with Crippen LogP contribution in [0.15, 0.2) is 35.5 Å². The van der Waals surface area contributed by atoms with Crippen molar-refractivity contribution in [1.82, 2.24) is 15.6 Å². The van der Waals surface area contributed by atoms with Gasteiger partial charge in [0.05, 0.1) is 5.01 Å². The van der Waals surface area contributed by atoms with Gasteiger partial charge in [-0.15, -0.1) is 35.3 Å². The molecule has 2 N–H and O–H groups in total. The van der Waals surface area contributed by atoms with E-state index >= 15 is 0 Å². The van der Waals surface area contributed by atoms with Crippen LogP contribution >= 0.6 is 35.3 Å². The SMILES string of the molecule is CN=C(NCCc1ccc(N(C)C)cc1)NCCc1ncc(C)s1.I. The van der Waals surface area contributed by atoms with Crippen molar-refractivity contribution in [3.63, 3.8) is 0 Å². The topological polar surface area (TPSA) is 52.6 Å². The van der Waals surface area contributed by atoms with Crippen LogP contribution in [-0.4, -0.2) is 45.2 Å². The predicted molar refractivity (Wildman–Crippen MR) is 120 cm³/mol. The second-order valence-electron chi connectivity index (χ2n) is 5.85. The minimum Gasteiger partial charge on any atom is -0.378 e. The molecule has 0 saturated carbocycles. The Bertz CT molecular complexity index is 652. The van der Waals surface area contributed by atoms with E-state index in [2.05, 4.69) is 70.8 Å². The van der Waals surface area contributed by atoms with Crippen molar-refractivity contribution in [3.8, 4) is 0 Å². The number of anilines is 1. The number of aryl methyl sites for hydroxylation is 1. The molecular formula is C18H28IN5S. The molecule has 1 aromatic carbocycles. The van der Waals surface area contributed by atoms with Gasteiger partial charge in [-0.2, -0.15) is 0 Å². The van der Waals surface area contributed by atoms with Gasteiger partial charge in [0.15, 0.2) is 5.96 Å². The lowest BCUT2D eigenvalue weighted by molar-refractivity contribution is 0.782. The molecule has 2 rings (SSSR count). The molecule has 0 amide bonds. The van der Waals surface area contributed by atoms with Crippen LogP contribution in [0.25, 0.3) is 0 Å². The summed E-state index contributed by atoms with van der Waals surface area (Å²) in [6.45, 7) is 3.78. The zero-order valence-electron chi connectivity index (χ0n) is 15.4. The van der Waals surface area contributed by atoms with Crippen molar-refractivity contribution in [2.24, 2.45) is 4.99 Å². The van der Waals surface area contributed by atoms with Crippen LogP contribution in [0.1, 0.15) is 15.4 Å². The van der Waals surface area contributed by atoms with Gasteiger partial charge in [-0.1, -0.05) is 12.1 Å². The van der Waals surface area contributed by atoms with E-state index in [1.165, 1.54) is 16.1 Å². The fraction of sp³-hybridized carbons (Fsp3) is 0.444. The molecule has 25 heavy (non-hydrogen) atoms.